The Morgan fingerprint density at radius 2 is 1.69 bits per heavy atom. The van der Waals surface area contributed by atoms with Gasteiger partial charge in [0.05, 0.1) is 35.6 Å². The van der Waals surface area contributed by atoms with E-state index >= 15 is 0 Å². The number of aromatic nitrogens is 1. The molecule has 7 heteroatoms. The summed E-state index contributed by atoms with van der Waals surface area (Å²) in [6.45, 7) is 3.77. The van der Waals surface area contributed by atoms with Crippen LogP contribution in [0.5, 0.6) is 5.75 Å². The minimum Gasteiger partial charge on any atom is -0.497 e. The van der Waals surface area contributed by atoms with E-state index in [1.807, 2.05) is 54.6 Å². The highest BCUT2D eigenvalue weighted by Crippen LogP contribution is 2.33. The number of ether oxygens (including phenoxy) is 2. The minimum absolute atomic E-state index is 0.210. The molecule has 0 saturated carbocycles. The summed E-state index contributed by atoms with van der Waals surface area (Å²) in [5, 5.41) is 4.33. The predicted molar refractivity (Wildman–Crippen MR) is 155 cm³/mol. The third kappa shape index (κ3) is 4.25. The van der Waals surface area contributed by atoms with Gasteiger partial charge in [0.15, 0.2) is 4.80 Å². The van der Waals surface area contributed by atoms with Gasteiger partial charge in [-0.3, -0.25) is 9.36 Å². The van der Waals surface area contributed by atoms with E-state index in [1.54, 1.807) is 25.5 Å². The number of thiazole rings is 1. The fraction of sp³-hybridized carbons (Fsp3) is 0.156. The summed E-state index contributed by atoms with van der Waals surface area (Å²) in [6, 6.07) is 25.3. The van der Waals surface area contributed by atoms with Gasteiger partial charge < -0.3 is 9.47 Å². The summed E-state index contributed by atoms with van der Waals surface area (Å²) in [7, 11) is 1.59. The largest absolute Gasteiger partial charge is 0.497 e. The summed E-state index contributed by atoms with van der Waals surface area (Å²) in [6.07, 6.45) is 1.96. The number of rotatable bonds is 5. The summed E-state index contributed by atoms with van der Waals surface area (Å²) < 4.78 is 13.0. The van der Waals surface area contributed by atoms with E-state index in [2.05, 4.69) is 30.3 Å². The van der Waals surface area contributed by atoms with Crippen LogP contribution in [-0.2, 0) is 9.53 Å². The topological polar surface area (TPSA) is 69.9 Å². The molecule has 6 rings (SSSR count). The lowest BCUT2D eigenvalue weighted by molar-refractivity contribution is -0.139. The number of nitrogens with zero attached hydrogens (tertiary/aromatic N) is 2. The average molecular weight is 535 g/mol. The fourth-order valence-corrected chi connectivity index (χ4v) is 6.28. The van der Waals surface area contributed by atoms with Gasteiger partial charge in [0.1, 0.15) is 5.75 Å². The van der Waals surface area contributed by atoms with Crippen LogP contribution < -0.4 is 19.6 Å². The van der Waals surface area contributed by atoms with Crippen molar-refractivity contribution in [3.63, 3.8) is 0 Å². The van der Waals surface area contributed by atoms with Crippen molar-refractivity contribution in [2.45, 2.75) is 19.9 Å². The normalized spacial score (nSPS) is 15.4. The zero-order chi connectivity index (χ0) is 27.1. The second-order valence-corrected chi connectivity index (χ2v) is 10.3. The molecule has 39 heavy (non-hydrogen) atoms. The lowest BCUT2D eigenvalue weighted by Gasteiger charge is -2.25. The van der Waals surface area contributed by atoms with Crippen LogP contribution in [0.1, 0.15) is 31.0 Å². The third-order valence-corrected chi connectivity index (χ3v) is 8.00. The standard InChI is InChI=1S/C32H26N2O4S/c1-4-38-31(36)28-19(2)33-32-34(29(28)22-12-9-13-23(17-22)37-3)30(35)27(39-32)18-26-24-14-7-5-10-20(24)16-21-11-6-8-15-25(21)26/h5-18,29H,4H2,1-3H3/b27-18-/t29-/m0/s1. The molecule has 1 aromatic heterocycles. The van der Waals surface area contributed by atoms with E-state index in [0.29, 0.717) is 26.4 Å². The molecule has 1 aliphatic heterocycles. The molecule has 0 fully saturated rings. The van der Waals surface area contributed by atoms with Gasteiger partial charge in [0.2, 0.25) is 0 Å². The molecule has 0 radical (unpaired) electrons. The SMILES string of the molecule is CCOC(=O)C1=C(C)N=c2s/c(=C\c3c4ccccc4cc4ccccc34)c(=O)n2[C@H]1c1cccc(OC)c1. The van der Waals surface area contributed by atoms with Crippen LogP contribution in [0.25, 0.3) is 27.6 Å². The van der Waals surface area contributed by atoms with E-state index in [0.717, 1.165) is 32.7 Å². The Kier molecular flexibility index (Phi) is 6.37. The van der Waals surface area contributed by atoms with Gasteiger partial charge in [-0.1, -0.05) is 72.0 Å². The number of methoxy groups -OCH3 is 1. The second kappa shape index (κ2) is 10.0. The zero-order valence-electron chi connectivity index (χ0n) is 21.8. The van der Waals surface area contributed by atoms with Gasteiger partial charge in [-0.2, -0.15) is 0 Å². The van der Waals surface area contributed by atoms with Crippen molar-refractivity contribution in [2.75, 3.05) is 13.7 Å². The van der Waals surface area contributed by atoms with Crippen LogP contribution >= 0.6 is 11.3 Å². The lowest BCUT2D eigenvalue weighted by atomic mass is 9.95. The predicted octanol–water partition coefficient (Wildman–Crippen LogP) is 5.11. The van der Waals surface area contributed by atoms with Crippen LogP contribution in [0.3, 0.4) is 0 Å². The fourth-order valence-electron chi connectivity index (χ4n) is 5.25. The Bertz CT molecular complexity index is 1930. The van der Waals surface area contributed by atoms with Crippen molar-refractivity contribution in [3.05, 3.63) is 121 Å². The van der Waals surface area contributed by atoms with Crippen LogP contribution in [0.4, 0.5) is 0 Å². The van der Waals surface area contributed by atoms with Crippen molar-refractivity contribution in [1.82, 2.24) is 4.57 Å². The van der Waals surface area contributed by atoms with Crippen LogP contribution in [-0.4, -0.2) is 24.3 Å². The lowest BCUT2D eigenvalue weighted by Crippen LogP contribution is -2.39. The average Bonchev–Trinajstić information content (AvgIpc) is 3.26. The molecule has 0 amide bonds. The number of benzene rings is 4. The second-order valence-electron chi connectivity index (χ2n) is 9.31. The van der Waals surface area contributed by atoms with Crippen molar-refractivity contribution in [3.8, 4) is 5.75 Å². The number of hydrogen-bond donors (Lipinski definition) is 0. The van der Waals surface area contributed by atoms with Crippen molar-refractivity contribution in [2.24, 2.45) is 4.99 Å². The van der Waals surface area contributed by atoms with E-state index in [4.69, 9.17) is 14.5 Å². The van der Waals surface area contributed by atoms with E-state index in [-0.39, 0.29) is 12.2 Å². The summed E-state index contributed by atoms with van der Waals surface area (Å²) in [5.74, 6) is 0.149. The highest BCUT2D eigenvalue weighted by Gasteiger charge is 2.33. The Balaban J connectivity index is 1.64. The molecule has 0 spiro atoms. The number of hydrogen-bond acceptors (Lipinski definition) is 6. The molecule has 0 aliphatic carbocycles. The van der Waals surface area contributed by atoms with E-state index in [1.165, 1.54) is 11.3 Å². The summed E-state index contributed by atoms with van der Waals surface area (Å²) >= 11 is 1.32. The Labute approximate surface area is 228 Å². The molecule has 1 atom stereocenters. The molecule has 0 bridgehead atoms. The van der Waals surface area contributed by atoms with E-state index in [9.17, 15) is 9.59 Å². The molecular formula is C32H26N2O4S. The molecule has 0 saturated heterocycles. The van der Waals surface area contributed by atoms with Gasteiger partial charge in [-0.15, -0.1) is 0 Å². The van der Waals surface area contributed by atoms with Gasteiger partial charge in [-0.25, -0.2) is 9.79 Å². The van der Waals surface area contributed by atoms with Gasteiger partial charge >= 0.3 is 5.97 Å². The van der Waals surface area contributed by atoms with Crippen molar-refractivity contribution >= 4 is 44.9 Å². The maximum atomic E-state index is 14.1. The van der Waals surface area contributed by atoms with Crippen LogP contribution in [0.15, 0.2) is 99.9 Å². The monoisotopic (exact) mass is 534 g/mol. The number of allylic oxidation sites excluding steroid dienone is 1. The Hall–Kier alpha value is -4.49. The first-order chi connectivity index (χ1) is 19.0. The number of carbonyl (C=O) groups is 1. The first-order valence-electron chi connectivity index (χ1n) is 12.7. The number of fused-ring (bicyclic) bond motifs is 3. The summed E-state index contributed by atoms with van der Waals surface area (Å²) in [5.41, 5.74) is 2.39. The van der Waals surface area contributed by atoms with Crippen molar-refractivity contribution in [1.29, 1.82) is 0 Å². The van der Waals surface area contributed by atoms with Crippen molar-refractivity contribution < 1.29 is 14.3 Å². The van der Waals surface area contributed by atoms with Gasteiger partial charge in [0.25, 0.3) is 5.56 Å². The third-order valence-electron chi connectivity index (χ3n) is 7.01. The first kappa shape index (κ1) is 24.8. The molecule has 194 valence electrons. The Morgan fingerprint density at radius 1 is 1.00 bits per heavy atom. The maximum absolute atomic E-state index is 14.1. The molecule has 1 aliphatic rings. The van der Waals surface area contributed by atoms with Crippen LogP contribution in [0, 0.1) is 0 Å². The van der Waals surface area contributed by atoms with E-state index < -0.39 is 12.0 Å². The van der Waals surface area contributed by atoms with Gasteiger partial charge in [0, 0.05) is 0 Å². The summed E-state index contributed by atoms with van der Waals surface area (Å²) in [4.78, 5) is 32.5. The molecule has 2 heterocycles. The number of carbonyl (C=O) groups excluding carboxylic acids is 1. The van der Waals surface area contributed by atoms with Gasteiger partial charge in [-0.05, 0) is 70.8 Å². The quantitative estimate of drug-likeness (QED) is 0.232. The zero-order valence-corrected chi connectivity index (χ0v) is 22.6. The maximum Gasteiger partial charge on any atom is 0.338 e. The molecular weight excluding hydrogens is 508 g/mol. The molecule has 4 aromatic carbocycles. The first-order valence-corrected chi connectivity index (χ1v) is 13.6. The number of esters is 1. The minimum atomic E-state index is -0.693. The highest BCUT2D eigenvalue weighted by molar-refractivity contribution is 7.07. The molecule has 5 aromatic rings. The molecule has 0 N–H and O–H groups in total. The Morgan fingerprint density at radius 3 is 2.36 bits per heavy atom. The molecule has 0 unspecified atom stereocenters. The molecule has 6 nitrogen and oxygen atoms in total. The highest BCUT2D eigenvalue weighted by atomic mass is 32.1. The smallest absolute Gasteiger partial charge is 0.338 e. The van der Waals surface area contributed by atoms with Crippen LogP contribution in [0.2, 0.25) is 0 Å².